The first-order valence-electron chi connectivity index (χ1n) is 9.84. The second kappa shape index (κ2) is 13.6. The number of β-amino-alcohol motifs (C(OH)–C–C–N with tert-alkyl or cyclic N) is 1. The summed E-state index contributed by atoms with van der Waals surface area (Å²) in [6, 6.07) is 0. The molecule has 2 rings (SSSR count). The zero-order chi connectivity index (χ0) is 18.5. The quantitative estimate of drug-likeness (QED) is 0.759. The Morgan fingerprint density at radius 2 is 1.75 bits per heavy atom. The molecule has 0 aromatic rings. The molecule has 0 aliphatic carbocycles. The number of hydrogen-bond donors (Lipinski definition) is 1. The molecule has 0 saturated carbocycles. The predicted molar refractivity (Wildman–Crippen MR) is 107 cm³/mol. The summed E-state index contributed by atoms with van der Waals surface area (Å²) in [7, 11) is 4.23. The molecule has 0 aromatic heterocycles. The maximum atomic E-state index is 9.60. The Morgan fingerprint density at radius 3 is 2.33 bits per heavy atom. The van der Waals surface area contributed by atoms with E-state index in [9.17, 15) is 5.11 Å². The number of rotatable bonds is 2. The van der Waals surface area contributed by atoms with E-state index in [4.69, 9.17) is 0 Å². The van der Waals surface area contributed by atoms with E-state index < -0.39 is 0 Å². The van der Waals surface area contributed by atoms with E-state index in [1.807, 2.05) is 20.9 Å². The minimum absolute atomic E-state index is 0.175. The summed E-state index contributed by atoms with van der Waals surface area (Å²) in [5.41, 5.74) is 3.04. The third-order valence-electron chi connectivity index (χ3n) is 4.58. The average Bonchev–Trinajstić information content (AvgIpc) is 2.87. The first-order chi connectivity index (χ1) is 11.4. The van der Waals surface area contributed by atoms with E-state index in [1.165, 1.54) is 31.4 Å². The lowest BCUT2D eigenvalue weighted by atomic mass is 9.98. The fourth-order valence-electron chi connectivity index (χ4n) is 2.97. The summed E-state index contributed by atoms with van der Waals surface area (Å²) in [6.45, 7) is 14.8. The van der Waals surface area contributed by atoms with Crippen molar-refractivity contribution in [3.8, 4) is 0 Å². The minimum atomic E-state index is -0.175. The van der Waals surface area contributed by atoms with Gasteiger partial charge in [-0.15, -0.1) is 0 Å². The van der Waals surface area contributed by atoms with Crippen LogP contribution in [0.2, 0.25) is 0 Å². The smallest absolute Gasteiger partial charge is 0.0704 e. The molecule has 3 heteroatoms. The van der Waals surface area contributed by atoms with Crippen molar-refractivity contribution in [2.45, 2.75) is 66.4 Å². The number of allylic oxidation sites excluding steroid dienone is 1. The molecule has 0 radical (unpaired) electrons. The van der Waals surface area contributed by atoms with Gasteiger partial charge in [0.2, 0.25) is 0 Å². The Bertz CT molecular complexity index is 374. The van der Waals surface area contributed by atoms with Crippen LogP contribution in [0.3, 0.4) is 0 Å². The highest BCUT2D eigenvalue weighted by Gasteiger charge is 2.15. The van der Waals surface area contributed by atoms with Crippen molar-refractivity contribution in [2.24, 2.45) is 5.92 Å². The topological polar surface area (TPSA) is 26.7 Å². The highest BCUT2D eigenvalue weighted by molar-refractivity contribution is 5.09. The summed E-state index contributed by atoms with van der Waals surface area (Å²) in [4.78, 5) is 4.53. The molecular formula is C21H42N2O. The lowest BCUT2D eigenvalue weighted by molar-refractivity contribution is 0.134. The minimum Gasteiger partial charge on any atom is -0.391 e. The molecule has 0 saturated heterocycles. The lowest BCUT2D eigenvalue weighted by Gasteiger charge is -2.15. The molecule has 2 heterocycles. The third kappa shape index (κ3) is 10.3. The Hall–Kier alpha value is -0.640. The first kappa shape index (κ1) is 23.4. The first-order valence-corrected chi connectivity index (χ1v) is 9.84. The standard InChI is InChI=1S/C10H19NO.C9H17N.C2H6/c1-8(2)9-4-5-11(3)7-10(12)6-9;1-3-9-5-4-7-10(2)8-6-9;1-2/h4,8,10,12H,5-7H2,1-3H3;6H,3-5,7-8H2,1-2H3;1-2H3. The fourth-order valence-corrected chi connectivity index (χ4v) is 2.97. The lowest BCUT2D eigenvalue weighted by Crippen LogP contribution is -2.27. The summed E-state index contributed by atoms with van der Waals surface area (Å²) < 4.78 is 0. The Kier molecular flexibility index (Phi) is 13.3. The normalized spacial score (nSPS) is 23.0. The molecule has 0 amide bonds. The predicted octanol–water partition coefficient (Wildman–Crippen LogP) is 4.34. The molecule has 2 aliphatic heterocycles. The zero-order valence-corrected chi connectivity index (χ0v) is 17.3. The summed E-state index contributed by atoms with van der Waals surface area (Å²) >= 11 is 0. The van der Waals surface area contributed by atoms with Gasteiger partial charge in [0, 0.05) is 19.6 Å². The molecular weight excluding hydrogens is 296 g/mol. The number of likely N-dealkylation sites (N-methyl/N-ethyl adjacent to an activating group) is 2. The molecule has 1 unspecified atom stereocenters. The van der Waals surface area contributed by atoms with Crippen LogP contribution in [0.15, 0.2) is 23.3 Å². The van der Waals surface area contributed by atoms with Crippen molar-refractivity contribution in [1.82, 2.24) is 9.80 Å². The van der Waals surface area contributed by atoms with Crippen LogP contribution in [-0.2, 0) is 0 Å². The fraction of sp³-hybridized carbons (Fsp3) is 0.810. The molecule has 1 atom stereocenters. The van der Waals surface area contributed by atoms with E-state index in [0.717, 1.165) is 26.1 Å². The van der Waals surface area contributed by atoms with Gasteiger partial charge >= 0.3 is 0 Å². The van der Waals surface area contributed by atoms with E-state index in [0.29, 0.717) is 5.92 Å². The molecule has 1 N–H and O–H groups in total. The van der Waals surface area contributed by atoms with Crippen molar-refractivity contribution in [1.29, 1.82) is 0 Å². The number of hydrogen-bond acceptors (Lipinski definition) is 3. The van der Waals surface area contributed by atoms with Crippen LogP contribution in [0.5, 0.6) is 0 Å². The van der Waals surface area contributed by atoms with Gasteiger partial charge in [-0.2, -0.15) is 0 Å². The van der Waals surface area contributed by atoms with Gasteiger partial charge in [-0.1, -0.05) is 57.9 Å². The highest BCUT2D eigenvalue weighted by Crippen LogP contribution is 2.18. The maximum absolute atomic E-state index is 9.60. The summed E-state index contributed by atoms with van der Waals surface area (Å²) in [5.74, 6) is 0.575. The van der Waals surface area contributed by atoms with Crippen LogP contribution >= 0.6 is 0 Å². The zero-order valence-electron chi connectivity index (χ0n) is 17.3. The van der Waals surface area contributed by atoms with Crippen LogP contribution in [0, 0.1) is 5.92 Å². The van der Waals surface area contributed by atoms with Gasteiger partial charge in [0.15, 0.2) is 0 Å². The number of nitrogens with zero attached hydrogens (tertiary/aromatic N) is 2. The van der Waals surface area contributed by atoms with Crippen molar-refractivity contribution in [3.63, 3.8) is 0 Å². The van der Waals surface area contributed by atoms with Gasteiger partial charge < -0.3 is 14.9 Å². The highest BCUT2D eigenvalue weighted by atomic mass is 16.3. The van der Waals surface area contributed by atoms with Crippen LogP contribution in [0.25, 0.3) is 0 Å². The monoisotopic (exact) mass is 338 g/mol. The van der Waals surface area contributed by atoms with Crippen LogP contribution < -0.4 is 0 Å². The van der Waals surface area contributed by atoms with Gasteiger partial charge in [0.05, 0.1) is 6.10 Å². The van der Waals surface area contributed by atoms with Crippen LogP contribution in [0.4, 0.5) is 0 Å². The average molecular weight is 339 g/mol. The van der Waals surface area contributed by atoms with Crippen LogP contribution in [-0.4, -0.2) is 61.3 Å². The second-order valence-corrected chi connectivity index (χ2v) is 7.09. The van der Waals surface area contributed by atoms with Gasteiger partial charge in [-0.05, 0) is 52.2 Å². The van der Waals surface area contributed by atoms with Gasteiger partial charge in [0.25, 0.3) is 0 Å². The molecule has 2 aliphatic rings. The van der Waals surface area contributed by atoms with Crippen molar-refractivity contribution < 1.29 is 5.11 Å². The van der Waals surface area contributed by atoms with E-state index >= 15 is 0 Å². The molecule has 0 spiro atoms. The molecule has 0 aromatic carbocycles. The van der Waals surface area contributed by atoms with Gasteiger partial charge in [-0.3, -0.25) is 0 Å². The summed E-state index contributed by atoms with van der Waals surface area (Å²) in [6.07, 6.45) is 9.21. The number of aliphatic hydroxyl groups excluding tert-OH is 1. The van der Waals surface area contributed by atoms with Gasteiger partial charge in [0.1, 0.15) is 0 Å². The number of aliphatic hydroxyl groups is 1. The molecule has 3 nitrogen and oxygen atoms in total. The summed E-state index contributed by atoms with van der Waals surface area (Å²) in [5, 5.41) is 9.60. The Labute approximate surface area is 151 Å². The van der Waals surface area contributed by atoms with Crippen LogP contribution in [0.1, 0.15) is 60.3 Å². The largest absolute Gasteiger partial charge is 0.391 e. The SMILES string of the molecule is CC.CC(C)C1=CCN(C)CC(O)C1.CCC1=CCN(C)CCC1. The maximum Gasteiger partial charge on any atom is 0.0704 e. The molecule has 24 heavy (non-hydrogen) atoms. The Balaban J connectivity index is 0.000000405. The van der Waals surface area contributed by atoms with E-state index in [-0.39, 0.29) is 6.10 Å². The van der Waals surface area contributed by atoms with E-state index in [1.54, 1.807) is 5.57 Å². The molecule has 0 fully saturated rings. The van der Waals surface area contributed by atoms with E-state index in [2.05, 4.69) is 49.8 Å². The second-order valence-electron chi connectivity index (χ2n) is 7.09. The van der Waals surface area contributed by atoms with Crippen molar-refractivity contribution in [2.75, 3.05) is 40.3 Å². The van der Waals surface area contributed by atoms with Crippen molar-refractivity contribution >= 4 is 0 Å². The molecule has 0 bridgehead atoms. The van der Waals surface area contributed by atoms with Gasteiger partial charge in [-0.25, -0.2) is 0 Å². The Morgan fingerprint density at radius 1 is 1.12 bits per heavy atom. The third-order valence-corrected chi connectivity index (χ3v) is 4.58. The van der Waals surface area contributed by atoms with Crippen molar-refractivity contribution in [3.05, 3.63) is 23.3 Å². The molecule has 142 valence electrons.